The summed E-state index contributed by atoms with van der Waals surface area (Å²) in [5, 5.41) is 3.33. The van der Waals surface area contributed by atoms with Crippen LogP contribution in [0.2, 0.25) is 0 Å². The SMILES string of the molecule is CC(C)(C)NCCC(=O)C1CCCOC1. The predicted octanol–water partition coefficient (Wildman–Crippen LogP) is 1.76. The van der Waals surface area contributed by atoms with Crippen LogP contribution in [-0.2, 0) is 9.53 Å². The van der Waals surface area contributed by atoms with Gasteiger partial charge in [0.2, 0.25) is 0 Å². The van der Waals surface area contributed by atoms with E-state index in [4.69, 9.17) is 4.74 Å². The molecule has 0 amide bonds. The van der Waals surface area contributed by atoms with Gasteiger partial charge in [-0.1, -0.05) is 0 Å². The Morgan fingerprint density at radius 2 is 2.20 bits per heavy atom. The molecule has 0 radical (unpaired) electrons. The van der Waals surface area contributed by atoms with Crippen molar-refractivity contribution in [1.82, 2.24) is 5.32 Å². The molecule has 88 valence electrons. The third-order valence-electron chi connectivity index (χ3n) is 2.64. The Hall–Kier alpha value is -0.410. The minimum Gasteiger partial charge on any atom is -0.381 e. The van der Waals surface area contributed by atoms with Crippen LogP contribution in [0.5, 0.6) is 0 Å². The van der Waals surface area contributed by atoms with Crippen molar-refractivity contribution < 1.29 is 9.53 Å². The van der Waals surface area contributed by atoms with Crippen LogP contribution in [0.1, 0.15) is 40.0 Å². The molecule has 0 aliphatic carbocycles. The van der Waals surface area contributed by atoms with Gasteiger partial charge in [0.1, 0.15) is 5.78 Å². The van der Waals surface area contributed by atoms with E-state index in [1.54, 1.807) is 0 Å². The molecule has 0 saturated carbocycles. The lowest BCUT2D eigenvalue weighted by Gasteiger charge is -2.23. The van der Waals surface area contributed by atoms with Gasteiger partial charge >= 0.3 is 0 Å². The van der Waals surface area contributed by atoms with Gasteiger partial charge < -0.3 is 10.1 Å². The quantitative estimate of drug-likeness (QED) is 0.773. The van der Waals surface area contributed by atoms with Gasteiger partial charge in [0.15, 0.2) is 0 Å². The molecule has 1 aliphatic rings. The number of hydrogen-bond acceptors (Lipinski definition) is 3. The lowest BCUT2D eigenvalue weighted by atomic mass is 9.95. The van der Waals surface area contributed by atoms with Crippen LogP contribution in [0.15, 0.2) is 0 Å². The highest BCUT2D eigenvalue weighted by Crippen LogP contribution is 2.15. The summed E-state index contributed by atoms with van der Waals surface area (Å²) >= 11 is 0. The zero-order valence-corrected chi connectivity index (χ0v) is 10.1. The molecular formula is C12H23NO2. The second kappa shape index (κ2) is 5.61. The van der Waals surface area contributed by atoms with Gasteiger partial charge in [-0.05, 0) is 33.6 Å². The van der Waals surface area contributed by atoms with Gasteiger partial charge in [0.05, 0.1) is 6.61 Å². The Kier molecular flexibility index (Phi) is 4.74. The first-order chi connectivity index (χ1) is 6.99. The lowest BCUT2D eigenvalue weighted by Crippen LogP contribution is -2.38. The minimum atomic E-state index is 0.101. The number of carbonyl (C=O) groups excluding carboxylic acids is 1. The summed E-state index contributed by atoms with van der Waals surface area (Å²) in [5.74, 6) is 0.506. The molecule has 1 saturated heterocycles. The van der Waals surface area contributed by atoms with Crippen LogP contribution in [0.25, 0.3) is 0 Å². The first-order valence-corrected chi connectivity index (χ1v) is 5.84. The fraction of sp³-hybridized carbons (Fsp3) is 0.917. The predicted molar refractivity (Wildman–Crippen MR) is 60.9 cm³/mol. The normalized spacial score (nSPS) is 22.7. The van der Waals surface area contributed by atoms with Crippen molar-refractivity contribution in [3.05, 3.63) is 0 Å². The maximum absolute atomic E-state index is 11.8. The van der Waals surface area contributed by atoms with E-state index in [9.17, 15) is 4.79 Å². The molecule has 1 fully saturated rings. The topological polar surface area (TPSA) is 38.3 Å². The van der Waals surface area contributed by atoms with Gasteiger partial charge in [-0.3, -0.25) is 4.79 Å². The van der Waals surface area contributed by atoms with E-state index in [0.717, 1.165) is 26.0 Å². The third-order valence-corrected chi connectivity index (χ3v) is 2.64. The number of carbonyl (C=O) groups is 1. The molecule has 0 bridgehead atoms. The van der Waals surface area contributed by atoms with Crippen molar-refractivity contribution in [2.75, 3.05) is 19.8 Å². The van der Waals surface area contributed by atoms with Crippen molar-refractivity contribution in [3.8, 4) is 0 Å². The molecule has 1 unspecified atom stereocenters. The van der Waals surface area contributed by atoms with Crippen LogP contribution >= 0.6 is 0 Å². The highest BCUT2D eigenvalue weighted by atomic mass is 16.5. The maximum Gasteiger partial charge on any atom is 0.139 e. The van der Waals surface area contributed by atoms with Gasteiger partial charge in [-0.25, -0.2) is 0 Å². The number of ether oxygens (including phenoxy) is 1. The number of ketones is 1. The summed E-state index contributed by atoms with van der Waals surface area (Å²) in [6, 6.07) is 0. The van der Waals surface area contributed by atoms with Gasteiger partial charge in [-0.2, -0.15) is 0 Å². The lowest BCUT2D eigenvalue weighted by molar-refractivity contribution is -0.126. The number of nitrogens with one attached hydrogen (secondary N) is 1. The van der Waals surface area contributed by atoms with E-state index in [1.165, 1.54) is 0 Å². The number of Topliss-reactive ketones (excluding diaryl/α,β-unsaturated/α-hetero) is 1. The molecule has 1 N–H and O–H groups in total. The molecule has 1 heterocycles. The van der Waals surface area contributed by atoms with Crippen LogP contribution in [0.3, 0.4) is 0 Å². The molecule has 0 aromatic heterocycles. The largest absolute Gasteiger partial charge is 0.381 e. The Bertz CT molecular complexity index is 202. The Balaban J connectivity index is 2.17. The number of hydrogen-bond donors (Lipinski definition) is 1. The molecule has 15 heavy (non-hydrogen) atoms. The average molecular weight is 213 g/mol. The van der Waals surface area contributed by atoms with Gasteiger partial charge in [0.25, 0.3) is 0 Å². The fourth-order valence-corrected chi connectivity index (χ4v) is 1.76. The highest BCUT2D eigenvalue weighted by molar-refractivity contribution is 5.81. The summed E-state index contributed by atoms with van der Waals surface area (Å²) in [5.41, 5.74) is 0.101. The zero-order valence-electron chi connectivity index (χ0n) is 10.1. The smallest absolute Gasteiger partial charge is 0.139 e. The number of rotatable bonds is 4. The first kappa shape index (κ1) is 12.7. The van der Waals surface area contributed by atoms with Crippen molar-refractivity contribution in [3.63, 3.8) is 0 Å². The van der Waals surface area contributed by atoms with Gasteiger partial charge in [0, 0.05) is 31.0 Å². The van der Waals surface area contributed by atoms with Crippen LogP contribution in [-0.4, -0.2) is 31.1 Å². The highest BCUT2D eigenvalue weighted by Gasteiger charge is 2.21. The molecule has 1 atom stereocenters. The van der Waals surface area contributed by atoms with Crippen molar-refractivity contribution in [2.24, 2.45) is 5.92 Å². The molecule has 3 nitrogen and oxygen atoms in total. The summed E-state index contributed by atoms with van der Waals surface area (Å²) in [6.45, 7) is 8.57. The molecule has 3 heteroatoms. The molecule has 1 aliphatic heterocycles. The Labute approximate surface area is 92.6 Å². The molecule has 0 aromatic carbocycles. The monoisotopic (exact) mass is 213 g/mol. The van der Waals surface area contributed by atoms with Gasteiger partial charge in [-0.15, -0.1) is 0 Å². The zero-order chi connectivity index (χ0) is 11.3. The van der Waals surface area contributed by atoms with E-state index in [0.29, 0.717) is 18.8 Å². The van der Waals surface area contributed by atoms with Crippen LogP contribution in [0.4, 0.5) is 0 Å². The molecule has 0 spiro atoms. The minimum absolute atomic E-state index is 0.101. The summed E-state index contributed by atoms with van der Waals surface area (Å²) in [6.07, 6.45) is 2.67. The first-order valence-electron chi connectivity index (χ1n) is 5.84. The van der Waals surface area contributed by atoms with E-state index < -0.39 is 0 Å². The van der Waals surface area contributed by atoms with E-state index in [-0.39, 0.29) is 11.5 Å². The third kappa shape index (κ3) is 5.28. The average Bonchev–Trinajstić information content (AvgIpc) is 2.17. The summed E-state index contributed by atoms with van der Waals surface area (Å²) in [4.78, 5) is 11.8. The standard InChI is InChI=1S/C12H23NO2/c1-12(2,3)13-7-6-11(14)10-5-4-8-15-9-10/h10,13H,4-9H2,1-3H3. The maximum atomic E-state index is 11.8. The van der Waals surface area contributed by atoms with Crippen LogP contribution < -0.4 is 5.32 Å². The molecular weight excluding hydrogens is 190 g/mol. The van der Waals surface area contributed by atoms with E-state index in [1.807, 2.05) is 0 Å². The summed E-state index contributed by atoms with van der Waals surface area (Å²) in [7, 11) is 0. The summed E-state index contributed by atoms with van der Waals surface area (Å²) < 4.78 is 5.31. The van der Waals surface area contributed by atoms with E-state index in [2.05, 4.69) is 26.1 Å². The second-order valence-corrected chi connectivity index (χ2v) is 5.31. The Morgan fingerprint density at radius 1 is 1.47 bits per heavy atom. The Morgan fingerprint density at radius 3 is 2.73 bits per heavy atom. The molecule has 0 aromatic rings. The fourth-order valence-electron chi connectivity index (χ4n) is 1.76. The van der Waals surface area contributed by atoms with Crippen molar-refractivity contribution in [1.29, 1.82) is 0 Å². The van der Waals surface area contributed by atoms with Crippen molar-refractivity contribution >= 4 is 5.78 Å². The van der Waals surface area contributed by atoms with Crippen LogP contribution in [0, 0.1) is 5.92 Å². The second-order valence-electron chi connectivity index (χ2n) is 5.31. The molecule has 1 rings (SSSR count). The van der Waals surface area contributed by atoms with Crippen molar-refractivity contribution in [2.45, 2.75) is 45.6 Å². The van der Waals surface area contributed by atoms with E-state index >= 15 is 0 Å².